The zero-order valence-corrected chi connectivity index (χ0v) is 25.2. The van der Waals surface area contributed by atoms with Crippen LogP contribution in [0.3, 0.4) is 0 Å². The maximum absolute atomic E-state index is 12.4. The third kappa shape index (κ3) is 5.75. The van der Waals surface area contributed by atoms with E-state index in [2.05, 4.69) is 76.8 Å². The minimum atomic E-state index is -0.307. The first kappa shape index (κ1) is 28.9. The Hall–Kier alpha value is -4.57. The second-order valence-corrected chi connectivity index (χ2v) is 11.3. The van der Waals surface area contributed by atoms with E-state index in [4.69, 9.17) is 14.5 Å². The highest BCUT2D eigenvalue weighted by molar-refractivity contribution is 6.02. The Morgan fingerprint density at radius 1 is 1.21 bits per heavy atom. The van der Waals surface area contributed by atoms with E-state index in [0.29, 0.717) is 36.2 Å². The maximum Gasteiger partial charge on any atom is 0.247 e. The number of hydrogen-bond acceptors (Lipinski definition) is 8. The molecule has 10 nitrogen and oxygen atoms in total. The molecule has 2 N–H and O–H groups in total. The van der Waals surface area contributed by atoms with Crippen molar-refractivity contribution >= 4 is 39.8 Å². The van der Waals surface area contributed by atoms with E-state index in [9.17, 15) is 4.79 Å². The van der Waals surface area contributed by atoms with Crippen molar-refractivity contribution in [3.63, 3.8) is 0 Å². The van der Waals surface area contributed by atoms with E-state index in [0.717, 1.165) is 46.6 Å². The number of benzene rings is 2. The van der Waals surface area contributed by atoms with E-state index in [1.807, 2.05) is 37.4 Å². The van der Waals surface area contributed by atoms with Crippen LogP contribution in [0.1, 0.15) is 20.3 Å². The number of amides is 1. The number of nitrogens with zero attached hydrogens (tertiary/aromatic N) is 5. The predicted molar refractivity (Wildman–Crippen MR) is 169 cm³/mol. The summed E-state index contributed by atoms with van der Waals surface area (Å²) in [5.74, 6) is 1.58. The molecule has 0 radical (unpaired) electrons. The van der Waals surface area contributed by atoms with Gasteiger partial charge in [0, 0.05) is 55.1 Å². The van der Waals surface area contributed by atoms with Crippen molar-refractivity contribution < 1.29 is 14.3 Å². The van der Waals surface area contributed by atoms with Gasteiger partial charge in [-0.1, -0.05) is 18.7 Å². The molecule has 2 aromatic carbocycles. The molecule has 42 heavy (non-hydrogen) atoms. The molecule has 0 saturated heterocycles. The van der Waals surface area contributed by atoms with E-state index in [1.54, 1.807) is 13.3 Å². The van der Waals surface area contributed by atoms with Crippen LogP contribution in [0.4, 0.5) is 23.0 Å². The van der Waals surface area contributed by atoms with Crippen LogP contribution >= 0.6 is 0 Å². The summed E-state index contributed by atoms with van der Waals surface area (Å²) in [7, 11) is 7.71. The Morgan fingerprint density at radius 2 is 2.02 bits per heavy atom. The summed E-state index contributed by atoms with van der Waals surface area (Å²) in [4.78, 5) is 26.0. The predicted octanol–water partition coefficient (Wildman–Crippen LogP) is 5.53. The molecule has 3 heterocycles. The van der Waals surface area contributed by atoms with E-state index in [-0.39, 0.29) is 11.4 Å². The van der Waals surface area contributed by atoms with Crippen molar-refractivity contribution in [2.24, 2.45) is 0 Å². The second kappa shape index (κ2) is 11.7. The fourth-order valence-corrected chi connectivity index (χ4v) is 5.17. The Bertz CT molecular complexity index is 1630. The molecular weight excluding hydrogens is 530 g/mol. The van der Waals surface area contributed by atoms with Crippen LogP contribution in [0.15, 0.2) is 61.4 Å². The molecule has 1 amide bonds. The Kier molecular flexibility index (Phi) is 8.08. The number of carbonyl (C=O) groups excluding carboxylic acids is 1. The topological polar surface area (TPSA) is 96.8 Å². The minimum absolute atomic E-state index is 0.123. The zero-order chi connectivity index (χ0) is 30.0. The second-order valence-electron chi connectivity index (χ2n) is 11.3. The van der Waals surface area contributed by atoms with Crippen LogP contribution in [0.2, 0.25) is 0 Å². The number of nitrogens with one attached hydrogen (secondary N) is 2. The number of anilines is 4. The zero-order valence-electron chi connectivity index (χ0n) is 25.2. The number of rotatable bonds is 10. The lowest BCUT2D eigenvalue weighted by Gasteiger charge is -2.37. The highest BCUT2D eigenvalue weighted by atomic mass is 16.5. The summed E-state index contributed by atoms with van der Waals surface area (Å²) >= 11 is 0. The van der Waals surface area contributed by atoms with E-state index >= 15 is 0 Å². The summed E-state index contributed by atoms with van der Waals surface area (Å²) in [5, 5.41) is 7.35. The van der Waals surface area contributed by atoms with Crippen LogP contribution in [0.5, 0.6) is 11.5 Å². The number of para-hydroxylation sites is 1. The molecule has 220 valence electrons. The van der Waals surface area contributed by atoms with Gasteiger partial charge in [-0.15, -0.1) is 0 Å². The van der Waals surface area contributed by atoms with Crippen molar-refractivity contribution in [3.05, 3.63) is 61.4 Å². The largest absolute Gasteiger partial charge is 0.494 e. The van der Waals surface area contributed by atoms with Crippen LogP contribution < -0.4 is 25.0 Å². The van der Waals surface area contributed by atoms with Gasteiger partial charge in [0.2, 0.25) is 11.9 Å². The van der Waals surface area contributed by atoms with Crippen molar-refractivity contribution in [2.45, 2.75) is 32.4 Å². The number of ether oxygens (including phenoxy) is 2. The fourth-order valence-electron chi connectivity index (χ4n) is 5.17. The van der Waals surface area contributed by atoms with Gasteiger partial charge in [-0.05, 0) is 58.6 Å². The van der Waals surface area contributed by atoms with Crippen molar-refractivity contribution in [2.75, 3.05) is 56.9 Å². The van der Waals surface area contributed by atoms with Gasteiger partial charge in [0.1, 0.15) is 11.5 Å². The molecule has 1 aliphatic rings. The molecule has 2 aromatic heterocycles. The summed E-state index contributed by atoms with van der Waals surface area (Å²) in [6, 6.07) is 11.8. The summed E-state index contributed by atoms with van der Waals surface area (Å²) < 4.78 is 14.0. The average molecular weight is 570 g/mol. The van der Waals surface area contributed by atoms with Crippen LogP contribution in [0, 0.1) is 0 Å². The lowest BCUT2D eigenvalue weighted by Crippen LogP contribution is -2.47. The molecule has 1 aliphatic heterocycles. The summed E-state index contributed by atoms with van der Waals surface area (Å²) in [6.45, 7) is 10.2. The van der Waals surface area contributed by atoms with Crippen molar-refractivity contribution in [1.82, 2.24) is 19.4 Å². The van der Waals surface area contributed by atoms with Gasteiger partial charge in [0.15, 0.2) is 0 Å². The molecule has 4 aromatic rings. The summed E-state index contributed by atoms with van der Waals surface area (Å²) in [6.07, 6.45) is 6.07. The highest BCUT2D eigenvalue weighted by Gasteiger charge is 2.25. The average Bonchev–Trinajstić information content (AvgIpc) is 3.21. The monoisotopic (exact) mass is 569 g/mol. The van der Waals surface area contributed by atoms with Gasteiger partial charge in [-0.2, -0.15) is 0 Å². The van der Waals surface area contributed by atoms with Gasteiger partial charge < -0.3 is 34.5 Å². The molecule has 0 spiro atoms. The Labute approximate surface area is 247 Å². The number of methoxy groups -OCH3 is 1. The molecule has 10 heteroatoms. The quantitative estimate of drug-likeness (QED) is 0.241. The molecule has 0 saturated carbocycles. The number of aryl methyl sites for hydroxylation is 1. The van der Waals surface area contributed by atoms with Gasteiger partial charge >= 0.3 is 0 Å². The first-order chi connectivity index (χ1) is 20.1. The van der Waals surface area contributed by atoms with Crippen molar-refractivity contribution in [1.29, 1.82) is 0 Å². The summed E-state index contributed by atoms with van der Waals surface area (Å²) in [5.41, 5.74) is 4.79. The van der Waals surface area contributed by atoms with Crippen LogP contribution in [-0.2, 0) is 11.3 Å². The highest BCUT2D eigenvalue weighted by Crippen LogP contribution is 2.40. The molecule has 0 aliphatic carbocycles. The Balaban J connectivity index is 1.51. The minimum Gasteiger partial charge on any atom is -0.494 e. The molecule has 0 bridgehead atoms. The van der Waals surface area contributed by atoms with Crippen LogP contribution in [-0.4, -0.2) is 72.3 Å². The molecule has 0 unspecified atom stereocenters. The van der Waals surface area contributed by atoms with Crippen LogP contribution in [0.25, 0.3) is 22.2 Å². The van der Waals surface area contributed by atoms with Gasteiger partial charge in [0.05, 0.1) is 42.0 Å². The van der Waals surface area contributed by atoms with Gasteiger partial charge in [-0.25, -0.2) is 9.97 Å². The Morgan fingerprint density at radius 3 is 2.76 bits per heavy atom. The number of hydrogen-bond donors (Lipinski definition) is 2. The lowest BCUT2D eigenvalue weighted by atomic mass is 10.0. The normalized spacial score (nSPS) is 12.9. The number of aromatic nitrogens is 3. The number of likely N-dealkylation sites (N-methyl/N-ethyl adjacent to an activating group) is 2. The first-order valence-corrected chi connectivity index (χ1v) is 14.0. The van der Waals surface area contributed by atoms with E-state index < -0.39 is 0 Å². The van der Waals surface area contributed by atoms with E-state index in [1.165, 1.54) is 6.08 Å². The third-order valence-corrected chi connectivity index (χ3v) is 7.85. The molecule has 0 atom stereocenters. The molecule has 0 fully saturated rings. The van der Waals surface area contributed by atoms with Crippen molar-refractivity contribution in [3.8, 4) is 22.8 Å². The molecular formula is C32H39N7O3. The SMILES string of the molecule is C=CC(=O)Nc1cc(Nc2nccc(-c3cn4c5c(cccc35)OCCC4)n2)c(OC)cc1N(C)CC(C)(C)N(C)C. The maximum atomic E-state index is 12.4. The smallest absolute Gasteiger partial charge is 0.247 e. The lowest BCUT2D eigenvalue weighted by molar-refractivity contribution is -0.111. The molecule has 5 rings (SSSR count). The van der Waals surface area contributed by atoms with Gasteiger partial charge in [-0.3, -0.25) is 4.79 Å². The standard InChI is InChI=1S/C32H39N7O3/c1-8-29(40)34-24-17-25(28(41-7)18-26(24)38(6)20-32(2,3)37(4)5)36-31-33-14-13-23(35-31)22-19-39-15-10-16-42-27-12-9-11-21(22)30(27)39/h8-9,11-14,17-19H,1,10,15-16,20H2,2-7H3,(H,34,40)(H,33,35,36). The third-order valence-electron chi connectivity index (χ3n) is 7.85. The number of carbonyl (C=O) groups is 1. The van der Waals surface area contributed by atoms with Gasteiger partial charge in [0.25, 0.3) is 0 Å². The first-order valence-electron chi connectivity index (χ1n) is 14.0. The fraction of sp³-hybridized carbons (Fsp3) is 0.344.